The number of amides is 1. The zero-order valence-corrected chi connectivity index (χ0v) is 10.6. The van der Waals surface area contributed by atoms with Crippen molar-refractivity contribution < 1.29 is 18.3 Å². The summed E-state index contributed by atoms with van der Waals surface area (Å²) >= 11 is 0. The van der Waals surface area contributed by atoms with Gasteiger partial charge in [0.15, 0.2) is 0 Å². The first-order chi connectivity index (χ1) is 9.52. The molecule has 1 amide bonds. The second-order valence-corrected chi connectivity index (χ2v) is 4.00. The molecule has 0 saturated heterocycles. The normalized spacial score (nSPS) is 10.2. The summed E-state index contributed by atoms with van der Waals surface area (Å²) in [6.07, 6.45) is 0. The number of hydrogen-bond donors (Lipinski definition) is 2. The van der Waals surface area contributed by atoms with Gasteiger partial charge in [0.2, 0.25) is 0 Å². The Balaban J connectivity index is 2.31. The summed E-state index contributed by atoms with van der Waals surface area (Å²) < 4.78 is 31.5. The number of nitrogens with one attached hydrogen (secondary N) is 1. The molecule has 0 spiro atoms. The first-order valence-corrected chi connectivity index (χ1v) is 5.72. The lowest BCUT2D eigenvalue weighted by atomic mass is 10.1. The summed E-state index contributed by atoms with van der Waals surface area (Å²) in [7, 11) is 1.42. The Morgan fingerprint density at radius 3 is 2.70 bits per heavy atom. The number of para-hydroxylation sites is 1. The Hall–Kier alpha value is -2.63. The molecule has 0 unspecified atom stereocenters. The summed E-state index contributed by atoms with van der Waals surface area (Å²) in [6.45, 7) is 0. The van der Waals surface area contributed by atoms with E-state index in [1.54, 1.807) is 12.1 Å². The highest BCUT2D eigenvalue weighted by molar-refractivity contribution is 6.08. The van der Waals surface area contributed by atoms with Gasteiger partial charge in [-0.3, -0.25) is 4.79 Å². The standard InChI is InChI=1S/C14H12F2N2O2/c1-20-12-4-2-3-9(13(12)17)14(19)18-11-7-8(15)5-6-10(11)16/h2-7H,17H2,1H3,(H,18,19). The van der Waals surface area contributed by atoms with E-state index < -0.39 is 17.5 Å². The average molecular weight is 278 g/mol. The van der Waals surface area contributed by atoms with Crippen LogP contribution in [0.2, 0.25) is 0 Å². The lowest BCUT2D eigenvalue weighted by Crippen LogP contribution is -2.15. The van der Waals surface area contributed by atoms with E-state index >= 15 is 0 Å². The van der Waals surface area contributed by atoms with Gasteiger partial charge in [-0.2, -0.15) is 0 Å². The van der Waals surface area contributed by atoms with Crippen molar-refractivity contribution in [1.29, 1.82) is 0 Å². The smallest absolute Gasteiger partial charge is 0.257 e. The SMILES string of the molecule is COc1cccc(C(=O)Nc2cc(F)ccc2F)c1N. The number of hydrogen-bond acceptors (Lipinski definition) is 3. The molecule has 0 aliphatic carbocycles. The predicted octanol–water partition coefficient (Wildman–Crippen LogP) is 2.81. The summed E-state index contributed by atoms with van der Waals surface area (Å²) in [4.78, 5) is 12.0. The number of anilines is 2. The van der Waals surface area contributed by atoms with Gasteiger partial charge in [0, 0.05) is 6.07 Å². The van der Waals surface area contributed by atoms with Crippen LogP contribution >= 0.6 is 0 Å². The number of halogens is 2. The molecule has 0 saturated carbocycles. The monoisotopic (exact) mass is 278 g/mol. The number of ether oxygens (including phenoxy) is 1. The van der Waals surface area contributed by atoms with Gasteiger partial charge in [0.05, 0.1) is 24.0 Å². The molecule has 3 N–H and O–H groups in total. The molecule has 2 aromatic carbocycles. The van der Waals surface area contributed by atoms with E-state index in [4.69, 9.17) is 10.5 Å². The Bertz CT molecular complexity index is 660. The third kappa shape index (κ3) is 2.69. The van der Waals surface area contributed by atoms with Gasteiger partial charge >= 0.3 is 0 Å². The fourth-order valence-electron chi connectivity index (χ4n) is 1.70. The molecule has 6 heteroatoms. The van der Waals surface area contributed by atoms with Gasteiger partial charge in [-0.15, -0.1) is 0 Å². The number of nitrogens with two attached hydrogens (primary N) is 1. The number of carbonyl (C=O) groups excluding carboxylic acids is 1. The van der Waals surface area contributed by atoms with Crippen LogP contribution in [0.15, 0.2) is 36.4 Å². The summed E-state index contributed by atoms with van der Waals surface area (Å²) in [5.41, 5.74) is 5.76. The van der Waals surface area contributed by atoms with Gasteiger partial charge in [-0.1, -0.05) is 6.07 Å². The highest BCUT2D eigenvalue weighted by Crippen LogP contribution is 2.26. The molecule has 0 radical (unpaired) electrons. The Morgan fingerprint density at radius 2 is 2.00 bits per heavy atom. The van der Waals surface area contributed by atoms with Crippen molar-refractivity contribution in [3.63, 3.8) is 0 Å². The molecule has 0 heterocycles. The molecular weight excluding hydrogens is 266 g/mol. The molecular formula is C14H12F2N2O2. The minimum absolute atomic E-state index is 0.119. The lowest BCUT2D eigenvalue weighted by Gasteiger charge is -2.11. The third-order valence-corrected chi connectivity index (χ3v) is 2.71. The van der Waals surface area contributed by atoms with Crippen molar-refractivity contribution in [3.8, 4) is 5.75 Å². The van der Waals surface area contributed by atoms with Crippen LogP contribution in [0.25, 0.3) is 0 Å². The molecule has 0 atom stereocenters. The second kappa shape index (κ2) is 5.56. The molecule has 2 aromatic rings. The van der Waals surface area contributed by atoms with E-state index in [0.29, 0.717) is 5.75 Å². The quantitative estimate of drug-likeness (QED) is 0.848. The van der Waals surface area contributed by atoms with E-state index in [-0.39, 0.29) is 16.9 Å². The maximum atomic E-state index is 13.5. The maximum absolute atomic E-state index is 13.5. The molecule has 104 valence electrons. The van der Waals surface area contributed by atoms with Crippen LogP contribution in [-0.4, -0.2) is 13.0 Å². The van der Waals surface area contributed by atoms with E-state index in [0.717, 1.165) is 18.2 Å². The van der Waals surface area contributed by atoms with Gasteiger partial charge in [-0.25, -0.2) is 8.78 Å². The van der Waals surface area contributed by atoms with Crippen molar-refractivity contribution in [2.45, 2.75) is 0 Å². The first-order valence-electron chi connectivity index (χ1n) is 5.72. The Kier molecular flexibility index (Phi) is 3.84. The molecule has 2 rings (SSSR count). The summed E-state index contributed by atoms with van der Waals surface area (Å²) in [6, 6.07) is 7.42. The van der Waals surface area contributed by atoms with Crippen LogP contribution in [0.1, 0.15) is 10.4 Å². The van der Waals surface area contributed by atoms with Gasteiger partial charge in [-0.05, 0) is 24.3 Å². The Morgan fingerprint density at radius 1 is 1.25 bits per heavy atom. The first kappa shape index (κ1) is 13.8. The number of carbonyl (C=O) groups is 1. The van der Waals surface area contributed by atoms with Crippen LogP contribution in [0.5, 0.6) is 5.75 Å². The molecule has 0 aliphatic heterocycles. The largest absolute Gasteiger partial charge is 0.495 e. The fraction of sp³-hybridized carbons (Fsp3) is 0.0714. The highest BCUT2D eigenvalue weighted by Gasteiger charge is 2.15. The molecule has 0 bridgehead atoms. The highest BCUT2D eigenvalue weighted by atomic mass is 19.1. The summed E-state index contributed by atoms with van der Waals surface area (Å²) in [5.74, 6) is -1.70. The van der Waals surface area contributed by atoms with Gasteiger partial charge in [0.25, 0.3) is 5.91 Å². The number of rotatable bonds is 3. The molecule has 0 fully saturated rings. The predicted molar refractivity (Wildman–Crippen MR) is 71.7 cm³/mol. The van der Waals surface area contributed by atoms with Crippen molar-refractivity contribution in [3.05, 3.63) is 53.6 Å². The van der Waals surface area contributed by atoms with Crippen molar-refractivity contribution in [1.82, 2.24) is 0 Å². The van der Waals surface area contributed by atoms with Gasteiger partial charge in [0.1, 0.15) is 17.4 Å². The zero-order valence-electron chi connectivity index (χ0n) is 10.6. The number of methoxy groups -OCH3 is 1. The Labute approximate surface area is 114 Å². The van der Waals surface area contributed by atoms with Gasteiger partial charge < -0.3 is 15.8 Å². The topological polar surface area (TPSA) is 64.3 Å². The number of nitrogen functional groups attached to an aromatic ring is 1. The maximum Gasteiger partial charge on any atom is 0.257 e. The summed E-state index contributed by atoms with van der Waals surface area (Å²) in [5, 5.41) is 2.27. The second-order valence-electron chi connectivity index (χ2n) is 4.00. The molecule has 20 heavy (non-hydrogen) atoms. The van der Waals surface area contributed by atoms with Crippen LogP contribution in [-0.2, 0) is 0 Å². The van der Waals surface area contributed by atoms with Crippen LogP contribution in [0.3, 0.4) is 0 Å². The number of benzene rings is 2. The van der Waals surface area contributed by atoms with E-state index in [2.05, 4.69) is 5.32 Å². The minimum atomic E-state index is -0.735. The lowest BCUT2D eigenvalue weighted by molar-refractivity contribution is 0.102. The van der Waals surface area contributed by atoms with Crippen LogP contribution < -0.4 is 15.8 Å². The fourth-order valence-corrected chi connectivity index (χ4v) is 1.70. The average Bonchev–Trinajstić information content (AvgIpc) is 2.43. The van der Waals surface area contributed by atoms with Crippen molar-refractivity contribution in [2.75, 3.05) is 18.2 Å². The van der Waals surface area contributed by atoms with Crippen LogP contribution in [0, 0.1) is 11.6 Å². The molecule has 0 aromatic heterocycles. The third-order valence-electron chi connectivity index (χ3n) is 2.71. The van der Waals surface area contributed by atoms with Crippen molar-refractivity contribution >= 4 is 17.3 Å². The minimum Gasteiger partial charge on any atom is -0.495 e. The zero-order chi connectivity index (χ0) is 14.7. The van der Waals surface area contributed by atoms with E-state index in [1.807, 2.05) is 0 Å². The van der Waals surface area contributed by atoms with E-state index in [9.17, 15) is 13.6 Å². The van der Waals surface area contributed by atoms with Crippen molar-refractivity contribution in [2.24, 2.45) is 0 Å². The van der Waals surface area contributed by atoms with E-state index in [1.165, 1.54) is 13.2 Å². The van der Waals surface area contributed by atoms with Crippen LogP contribution in [0.4, 0.5) is 20.2 Å². The molecule has 4 nitrogen and oxygen atoms in total. The molecule has 0 aliphatic rings.